The number of piperidine rings is 1. The first kappa shape index (κ1) is 22.3. The second-order valence-electron chi connectivity index (χ2n) is 7.62. The van der Waals surface area contributed by atoms with E-state index in [4.69, 9.17) is 5.41 Å². The lowest BCUT2D eigenvalue weighted by molar-refractivity contribution is -0.130. The average Bonchev–Trinajstić information content (AvgIpc) is 2.77. The van der Waals surface area contributed by atoms with Crippen molar-refractivity contribution in [3.63, 3.8) is 0 Å². The van der Waals surface area contributed by atoms with Crippen molar-refractivity contribution in [1.82, 2.24) is 4.90 Å². The van der Waals surface area contributed by atoms with Crippen LogP contribution in [-0.2, 0) is 9.59 Å². The van der Waals surface area contributed by atoms with Gasteiger partial charge in [-0.2, -0.15) is 0 Å². The number of aliphatic hydroxyl groups is 1. The van der Waals surface area contributed by atoms with Crippen molar-refractivity contribution in [1.29, 1.82) is 5.41 Å². The van der Waals surface area contributed by atoms with Crippen LogP contribution in [0.2, 0.25) is 0 Å². The minimum absolute atomic E-state index is 0.239. The SMILES string of the molecule is N=CC(=O)/C(O)=C/C(=O)N1CCCCC1CC(c1cccc(F)c1)c1cccc(F)c1. The molecule has 1 saturated heterocycles. The summed E-state index contributed by atoms with van der Waals surface area (Å²) < 4.78 is 27.9. The summed E-state index contributed by atoms with van der Waals surface area (Å²) >= 11 is 0. The number of aliphatic hydroxyl groups excluding tert-OH is 1. The molecular formula is C24H24F2N2O3. The normalized spacial score (nSPS) is 16.9. The molecule has 2 N–H and O–H groups in total. The van der Waals surface area contributed by atoms with Crippen molar-refractivity contribution in [2.45, 2.75) is 37.6 Å². The molecule has 3 rings (SSSR count). The molecule has 1 atom stereocenters. The molecule has 1 unspecified atom stereocenters. The van der Waals surface area contributed by atoms with Gasteiger partial charge in [-0.25, -0.2) is 8.78 Å². The number of benzene rings is 2. The van der Waals surface area contributed by atoms with Crippen molar-refractivity contribution in [3.8, 4) is 0 Å². The van der Waals surface area contributed by atoms with E-state index in [1.807, 2.05) is 0 Å². The molecule has 2 aromatic carbocycles. The van der Waals surface area contributed by atoms with Gasteiger partial charge in [0.05, 0.1) is 6.21 Å². The van der Waals surface area contributed by atoms with E-state index >= 15 is 0 Å². The number of halogens is 2. The molecule has 1 aliphatic rings. The highest BCUT2D eigenvalue weighted by molar-refractivity contribution is 6.33. The van der Waals surface area contributed by atoms with Crippen LogP contribution in [0.3, 0.4) is 0 Å². The number of carbonyl (C=O) groups excluding carboxylic acids is 2. The fourth-order valence-corrected chi connectivity index (χ4v) is 4.06. The zero-order valence-electron chi connectivity index (χ0n) is 16.9. The average molecular weight is 426 g/mol. The Hall–Kier alpha value is -3.35. The predicted molar refractivity (Wildman–Crippen MR) is 113 cm³/mol. The van der Waals surface area contributed by atoms with E-state index in [1.165, 1.54) is 24.3 Å². The molecule has 5 nitrogen and oxygen atoms in total. The second-order valence-corrected chi connectivity index (χ2v) is 7.62. The first-order chi connectivity index (χ1) is 14.9. The number of nitrogens with zero attached hydrogens (tertiary/aromatic N) is 1. The molecule has 0 aromatic heterocycles. The minimum atomic E-state index is -0.945. The molecule has 31 heavy (non-hydrogen) atoms. The summed E-state index contributed by atoms with van der Waals surface area (Å²) in [6.45, 7) is 0.449. The quantitative estimate of drug-likeness (QED) is 0.388. The lowest BCUT2D eigenvalue weighted by atomic mass is 9.83. The maximum absolute atomic E-state index is 13.9. The summed E-state index contributed by atoms with van der Waals surface area (Å²) in [7, 11) is 0. The Bertz CT molecular complexity index is 960. The van der Waals surface area contributed by atoms with E-state index in [2.05, 4.69) is 0 Å². The number of nitrogens with one attached hydrogen (secondary N) is 1. The van der Waals surface area contributed by atoms with E-state index in [0.29, 0.717) is 36.7 Å². The van der Waals surface area contributed by atoms with Gasteiger partial charge in [0.15, 0.2) is 5.76 Å². The maximum atomic E-state index is 13.9. The van der Waals surface area contributed by atoms with Crippen LogP contribution in [0, 0.1) is 17.0 Å². The van der Waals surface area contributed by atoms with Gasteiger partial charge in [0.1, 0.15) is 11.6 Å². The summed E-state index contributed by atoms with van der Waals surface area (Å²) in [5.41, 5.74) is 1.36. The zero-order valence-corrected chi connectivity index (χ0v) is 16.9. The molecule has 0 radical (unpaired) electrons. The molecule has 7 heteroatoms. The number of carbonyl (C=O) groups is 2. The Labute approximate surface area is 179 Å². The summed E-state index contributed by atoms with van der Waals surface area (Å²) in [5.74, 6) is -3.38. The first-order valence-electron chi connectivity index (χ1n) is 10.2. The number of hydrogen-bond donors (Lipinski definition) is 2. The number of rotatable bonds is 7. The van der Waals surface area contributed by atoms with E-state index in [1.54, 1.807) is 29.2 Å². The highest BCUT2D eigenvalue weighted by atomic mass is 19.1. The van der Waals surface area contributed by atoms with Gasteiger partial charge in [-0.05, 0) is 61.1 Å². The summed E-state index contributed by atoms with van der Waals surface area (Å²) in [6, 6.07) is 12.0. The smallest absolute Gasteiger partial charge is 0.250 e. The molecule has 1 fully saturated rings. The van der Waals surface area contributed by atoms with E-state index in [0.717, 1.165) is 18.9 Å². The minimum Gasteiger partial charge on any atom is -0.504 e. The third-order valence-electron chi connectivity index (χ3n) is 5.56. The highest BCUT2D eigenvalue weighted by Crippen LogP contribution is 2.34. The number of ketones is 1. The van der Waals surface area contributed by atoms with Crippen molar-refractivity contribution < 1.29 is 23.5 Å². The Kier molecular flexibility index (Phi) is 7.28. The van der Waals surface area contributed by atoms with Crippen LogP contribution < -0.4 is 0 Å². The Morgan fingerprint density at radius 3 is 2.26 bits per heavy atom. The summed E-state index contributed by atoms with van der Waals surface area (Å²) in [5, 5.41) is 16.7. The predicted octanol–water partition coefficient (Wildman–Crippen LogP) is 4.53. The summed E-state index contributed by atoms with van der Waals surface area (Å²) in [6.07, 6.45) is 4.08. The number of hydrogen-bond acceptors (Lipinski definition) is 4. The van der Waals surface area contributed by atoms with E-state index in [-0.39, 0.29) is 12.0 Å². The first-order valence-corrected chi connectivity index (χ1v) is 10.2. The van der Waals surface area contributed by atoms with Crippen molar-refractivity contribution in [2.75, 3.05) is 6.54 Å². The standard InChI is InChI=1S/C24H24F2N2O3/c25-18-7-3-5-16(11-18)21(17-6-4-8-19(26)12-17)13-20-9-1-2-10-28(20)24(31)14-22(29)23(30)15-27/h3-8,11-12,14-15,20-21,27,29H,1-2,9-10,13H2/b22-14-,27-15?. The van der Waals surface area contributed by atoms with Gasteiger partial charge >= 0.3 is 0 Å². The molecule has 0 aliphatic carbocycles. The zero-order chi connectivity index (χ0) is 22.4. The fourth-order valence-electron chi connectivity index (χ4n) is 4.06. The molecule has 162 valence electrons. The largest absolute Gasteiger partial charge is 0.504 e. The van der Waals surface area contributed by atoms with Gasteiger partial charge in [0.25, 0.3) is 5.91 Å². The molecule has 0 spiro atoms. The van der Waals surface area contributed by atoms with E-state index in [9.17, 15) is 23.5 Å². The van der Waals surface area contributed by atoms with Crippen LogP contribution in [0.1, 0.15) is 42.7 Å². The number of allylic oxidation sites excluding steroid dienone is 1. The monoisotopic (exact) mass is 426 g/mol. The molecule has 0 bridgehead atoms. The molecule has 1 heterocycles. The maximum Gasteiger partial charge on any atom is 0.250 e. The Morgan fingerprint density at radius 2 is 1.71 bits per heavy atom. The van der Waals surface area contributed by atoms with Gasteiger partial charge in [0, 0.05) is 24.6 Å². The fraction of sp³-hybridized carbons (Fsp3) is 0.292. The number of amides is 1. The third kappa shape index (κ3) is 5.63. The number of likely N-dealkylation sites (tertiary alicyclic amines) is 1. The molecule has 1 aliphatic heterocycles. The van der Waals surface area contributed by atoms with Crippen LogP contribution in [0.4, 0.5) is 8.78 Å². The topological polar surface area (TPSA) is 81.5 Å². The van der Waals surface area contributed by atoms with Crippen LogP contribution >= 0.6 is 0 Å². The third-order valence-corrected chi connectivity index (χ3v) is 5.56. The van der Waals surface area contributed by atoms with Crippen molar-refractivity contribution in [2.24, 2.45) is 0 Å². The van der Waals surface area contributed by atoms with Gasteiger partial charge in [-0.15, -0.1) is 0 Å². The van der Waals surface area contributed by atoms with Crippen LogP contribution in [0.5, 0.6) is 0 Å². The molecule has 0 saturated carbocycles. The van der Waals surface area contributed by atoms with Crippen LogP contribution in [0.25, 0.3) is 0 Å². The second kappa shape index (κ2) is 10.1. The highest BCUT2D eigenvalue weighted by Gasteiger charge is 2.30. The number of Topliss-reactive ketones (excluding diaryl/α,β-unsaturated/α-hetero) is 1. The van der Waals surface area contributed by atoms with Crippen LogP contribution in [-0.4, -0.2) is 40.5 Å². The van der Waals surface area contributed by atoms with Gasteiger partial charge in [-0.3, -0.25) is 9.59 Å². The Morgan fingerprint density at radius 1 is 1.10 bits per heavy atom. The summed E-state index contributed by atoms with van der Waals surface area (Å²) in [4.78, 5) is 25.8. The lowest BCUT2D eigenvalue weighted by Crippen LogP contribution is -2.44. The Balaban J connectivity index is 1.92. The van der Waals surface area contributed by atoms with Gasteiger partial charge < -0.3 is 15.4 Å². The van der Waals surface area contributed by atoms with Gasteiger partial charge in [0.2, 0.25) is 5.78 Å². The molecular weight excluding hydrogens is 402 g/mol. The molecule has 1 amide bonds. The molecule has 2 aromatic rings. The lowest BCUT2D eigenvalue weighted by Gasteiger charge is -2.37. The van der Waals surface area contributed by atoms with Crippen molar-refractivity contribution >= 4 is 17.9 Å². The van der Waals surface area contributed by atoms with E-state index < -0.39 is 29.1 Å². The van der Waals surface area contributed by atoms with Crippen LogP contribution in [0.15, 0.2) is 60.4 Å². The van der Waals surface area contributed by atoms with Crippen molar-refractivity contribution in [3.05, 3.63) is 83.1 Å². The van der Waals surface area contributed by atoms with Gasteiger partial charge in [-0.1, -0.05) is 24.3 Å².